The predicted octanol–water partition coefficient (Wildman–Crippen LogP) is -3.45. The highest BCUT2D eigenvalue weighted by atomic mass is 16.5. The summed E-state index contributed by atoms with van der Waals surface area (Å²) >= 11 is 0. The van der Waals surface area contributed by atoms with Gasteiger partial charge in [-0.2, -0.15) is 0 Å². The lowest BCUT2D eigenvalue weighted by molar-refractivity contribution is -0.149. The zero-order valence-corrected chi connectivity index (χ0v) is 66.0. The van der Waals surface area contributed by atoms with E-state index in [1.165, 1.54) is 111 Å². The van der Waals surface area contributed by atoms with Crippen LogP contribution < -0.4 is 26.6 Å². The summed E-state index contributed by atoms with van der Waals surface area (Å²) in [6, 6.07) is 12.1. The van der Waals surface area contributed by atoms with Crippen molar-refractivity contribution in [1.82, 2.24) is 80.1 Å². The molecule has 606 valence electrons. The van der Waals surface area contributed by atoms with Crippen LogP contribution in [0, 0.1) is 17.8 Å². The number of imide groups is 1. The molecule has 3 rings (SSSR count). The number of likely N-dealkylation sites (N-methyl/N-ethyl adjacent to an activating group) is 11. The zero-order chi connectivity index (χ0) is 83.0. The lowest BCUT2D eigenvalue weighted by Crippen LogP contribution is -2.52. The van der Waals surface area contributed by atoms with Gasteiger partial charge < -0.3 is 85.2 Å². The number of hydrogen-bond acceptors (Lipinski definition) is 20. The van der Waals surface area contributed by atoms with Gasteiger partial charge >= 0.3 is 5.97 Å². The summed E-state index contributed by atoms with van der Waals surface area (Å²) in [7, 11) is 14.7. The van der Waals surface area contributed by atoms with Gasteiger partial charge in [0.2, 0.25) is 106 Å². The Morgan fingerprint density at radius 1 is 0.455 bits per heavy atom. The first kappa shape index (κ1) is 92.8. The molecule has 1 aliphatic rings. The molecule has 37 heteroatoms. The molecule has 1 saturated heterocycles. The van der Waals surface area contributed by atoms with Gasteiger partial charge in [-0.1, -0.05) is 70.5 Å². The number of carbonyl (C=O) groups is 19. The van der Waals surface area contributed by atoms with Gasteiger partial charge in [0.25, 0.3) is 0 Å². The molecule has 0 spiro atoms. The fourth-order valence-corrected chi connectivity index (χ4v) is 10.3. The summed E-state index contributed by atoms with van der Waals surface area (Å²) < 4.78 is 5.50. The molecule has 2 atom stereocenters. The van der Waals surface area contributed by atoms with E-state index in [4.69, 9.17) is 4.74 Å². The second-order valence-corrected chi connectivity index (χ2v) is 28.0. The summed E-state index contributed by atoms with van der Waals surface area (Å²) in [6.07, 6.45) is 1.82. The van der Waals surface area contributed by atoms with Crippen molar-refractivity contribution in [1.29, 1.82) is 0 Å². The standard InChI is InChI=1S/C73H109N17O20/c1-47(2)54-31-60(96)90(72(54)108)28-22-18-21-25-56(92)74-32-57(93)75-33-59(95)78-55(29-50-23-19-17-20-24-50)71(107)76-34-58(94)77-53-27-26-51(46-110-73(109)48(3)4)52(30-53)35-80(7)62(98)37-82(9)64(100)39-84(11)66(102)41-86(13)68(104)43-88(15)70(106)45-89(16)69(105)44-87(14)67(103)42-85(12)65(101)40-83(10)63(99)38-81(8)61(97)36-79(6)49(5)91/h17,19-20,23-24,26-27,30,47-48,54-55H,18,21-22,25,28-29,31-46H2,1-16H3,(H,74,92)(H,75,93)(H,76,107)(H,77,94)(H,78,95)/t54?,55-/m0/s1. The van der Waals surface area contributed by atoms with Crippen molar-refractivity contribution in [3.05, 3.63) is 65.2 Å². The summed E-state index contributed by atoms with van der Waals surface area (Å²) in [4.78, 5) is 259. The van der Waals surface area contributed by atoms with Crippen LogP contribution in [-0.4, -0.2) is 346 Å². The first-order valence-corrected chi connectivity index (χ1v) is 35.7. The number of nitrogens with zero attached hydrogens (tertiary/aromatic N) is 12. The van der Waals surface area contributed by atoms with Gasteiger partial charge in [0.15, 0.2) is 0 Å². The molecule has 1 aliphatic heterocycles. The highest BCUT2D eigenvalue weighted by molar-refractivity contribution is 6.04. The Morgan fingerprint density at radius 2 is 0.855 bits per heavy atom. The van der Waals surface area contributed by atoms with Crippen LogP contribution in [0.1, 0.15) is 83.4 Å². The van der Waals surface area contributed by atoms with E-state index in [9.17, 15) is 91.1 Å². The minimum absolute atomic E-state index is 0.00776. The maximum absolute atomic E-state index is 13.7. The van der Waals surface area contributed by atoms with Crippen molar-refractivity contribution in [2.24, 2.45) is 17.8 Å². The Hall–Kier alpha value is -11.4. The number of anilines is 1. The summed E-state index contributed by atoms with van der Waals surface area (Å²) in [5.41, 5.74) is 1.73. The van der Waals surface area contributed by atoms with E-state index in [-0.39, 0.29) is 87.3 Å². The minimum Gasteiger partial charge on any atom is -0.461 e. The number of hydrogen-bond donors (Lipinski definition) is 5. The molecular formula is C73H109N17O20. The third-order valence-electron chi connectivity index (χ3n) is 17.9. The van der Waals surface area contributed by atoms with E-state index < -0.39 is 179 Å². The van der Waals surface area contributed by atoms with Gasteiger partial charge in [-0.05, 0) is 47.6 Å². The maximum atomic E-state index is 13.7. The Balaban J connectivity index is 1.50. The lowest BCUT2D eigenvalue weighted by Gasteiger charge is -2.27. The van der Waals surface area contributed by atoms with Crippen molar-refractivity contribution in [3.63, 3.8) is 0 Å². The number of benzene rings is 2. The van der Waals surface area contributed by atoms with E-state index in [1.54, 1.807) is 50.2 Å². The Morgan fingerprint density at radius 3 is 1.26 bits per heavy atom. The van der Waals surface area contributed by atoms with Crippen LogP contribution in [0.3, 0.4) is 0 Å². The molecule has 0 radical (unpaired) electrons. The van der Waals surface area contributed by atoms with Gasteiger partial charge in [0.05, 0.1) is 91.0 Å². The molecule has 0 bridgehead atoms. The van der Waals surface area contributed by atoms with Gasteiger partial charge in [0.1, 0.15) is 12.6 Å². The summed E-state index contributed by atoms with van der Waals surface area (Å²) in [6.45, 7) is 2.12. The lowest BCUT2D eigenvalue weighted by atomic mass is 9.94. The third kappa shape index (κ3) is 32.2. The molecule has 0 aliphatic carbocycles. The molecular weight excluding hydrogens is 1430 g/mol. The quantitative estimate of drug-likeness (QED) is 0.0245. The number of ether oxygens (including phenoxy) is 1. The maximum Gasteiger partial charge on any atom is 0.308 e. The topological polar surface area (TPSA) is 433 Å². The molecule has 5 N–H and O–H groups in total. The van der Waals surface area contributed by atoms with E-state index in [2.05, 4.69) is 26.6 Å². The first-order chi connectivity index (χ1) is 51.5. The Labute approximate surface area is 641 Å². The molecule has 110 heavy (non-hydrogen) atoms. The molecule has 2 aromatic rings. The molecule has 2 aromatic carbocycles. The zero-order valence-electron chi connectivity index (χ0n) is 66.0. The van der Waals surface area contributed by atoms with Crippen molar-refractivity contribution in [3.8, 4) is 0 Å². The Kier molecular flexibility index (Phi) is 38.3. The second-order valence-electron chi connectivity index (χ2n) is 28.0. The highest BCUT2D eigenvalue weighted by Crippen LogP contribution is 2.27. The number of carbonyl (C=O) groups excluding carboxylic acids is 19. The third-order valence-corrected chi connectivity index (χ3v) is 17.9. The molecule has 18 amide bonds. The second kappa shape index (κ2) is 45.4. The normalized spacial score (nSPS) is 12.5. The van der Waals surface area contributed by atoms with Gasteiger partial charge in [-0.25, -0.2) is 0 Å². The minimum atomic E-state index is -1.22. The molecule has 1 heterocycles. The molecule has 37 nitrogen and oxygen atoms in total. The fraction of sp³-hybridized carbons (Fsp3) is 0.575. The summed E-state index contributed by atoms with van der Waals surface area (Å²) in [5, 5.41) is 12.7. The van der Waals surface area contributed by atoms with Crippen molar-refractivity contribution in [2.75, 3.05) is 174 Å². The molecule has 1 fully saturated rings. The largest absolute Gasteiger partial charge is 0.461 e. The van der Waals surface area contributed by atoms with Crippen LogP contribution in [0.2, 0.25) is 0 Å². The first-order valence-electron chi connectivity index (χ1n) is 35.7. The van der Waals surface area contributed by atoms with Crippen LogP contribution in [0.4, 0.5) is 5.69 Å². The van der Waals surface area contributed by atoms with E-state index >= 15 is 0 Å². The monoisotopic (exact) mass is 1540 g/mol. The molecule has 0 aromatic heterocycles. The summed E-state index contributed by atoms with van der Waals surface area (Å²) in [5.74, 6) is -11.6. The van der Waals surface area contributed by atoms with E-state index in [1.807, 2.05) is 13.8 Å². The number of esters is 1. The number of likely N-dealkylation sites (tertiary alicyclic amines) is 1. The molecule has 1 unspecified atom stereocenters. The van der Waals surface area contributed by atoms with Crippen LogP contribution >= 0.6 is 0 Å². The highest BCUT2D eigenvalue weighted by Gasteiger charge is 2.40. The van der Waals surface area contributed by atoms with Gasteiger partial charge in [0, 0.05) is 128 Å². The smallest absolute Gasteiger partial charge is 0.308 e. The van der Waals surface area contributed by atoms with Gasteiger partial charge in [-0.15, -0.1) is 0 Å². The average molecular weight is 1540 g/mol. The fourth-order valence-electron chi connectivity index (χ4n) is 10.3. The number of rotatable bonds is 43. The van der Waals surface area contributed by atoms with Crippen LogP contribution in [0.5, 0.6) is 0 Å². The number of amides is 18. The van der Waals surface area contributed by atoms with E-state index in [0.717, 1.165) is 44.1 Å². The van der Waals surface area contributed by atoms with E-state index in [0.29, 0.717) is 36.0 Å². The van der Waals surface area contributed by atoms with Gasteiger partial charge in [-0.3, -0.25) is 96.0 Å². The van der Waals surface area contributed by atoms with Crippen LogP contribution in [0.25, 0.3) is 0 Å². The van der Waals surface area contributed by atoms with Crippen LogP contribution in [0.15, 0.2) is 48.5 Å². The average Bonchev–Trinajstić information content (AvgIpc) is 1.52. The predicted molar refractivity (Wildman–Crippen MR) is 397 cm³/mol. The van der Waals surface area contributed by atoms with Crippen molar-refractivity contribution in [2.45, 2.75) is 92.3 Å². The molecule has 0 saturated carbocycles. The van der Waals surface area contributed by atoms with Crippen molar-refractivity contribution >= 4 is 118 Å². The Bertz CT molecular complexity index is 3690. The number of unbranched alkanes of at least 4 members (excludes halogenated alkanes) is 2. The number of nitrogens with one attached hydrogen (secondary N) is 5. The van der Waals surface area contributed by atoms with Crippen LogP contribution in [-0.2, 0) is 115 Å². The SMILES string of the molecule is CC(=O)N(C)CC(=O)N(C)CC(=O)N(C)CC(=O)N(C)CC(=O)N(C)CC(=O)N(C)CC(=O)N(C)CC(=O)N(C)CC(=O)N(C)CC(=O)N(C)CC(=O)N(C)Cc1cc(NC(=O)CNC(=O)[C@H](Cc2ccccc2)NC(=O)CNC(=O)CNC(=O)CCCCCN2C(=O)CC(C(C)C)C2=O)ccc1COC(=O)C(C)C. The van der Waals surface area contributed by atoms with Crippen molar-refractivity contribution < 1.29 is 95.8 Å².